The minimum Gasteiger partial charge on any atom is -0.366 e. The molecule has 0 radical (unpaired) electrons. The summed E-state index contributed by atoms with van der Waals surface area (Å²) in [4.78, 5) is 13.8. The Balaban J connectivity index is 0.00000243. The van der Waals surface area contributed by atoms with Crippen LogP contribution in [0.3, 0.4) is 0 Å². The molecule has 3 rings (SSSR count). The summed E-state index contributed by atoms with van der Waals surface area (Å²) in [7, 11) is 1.74. The van der Waals surface area contributed by atoms with E-state index < -0.39 is 11.6 Å². The van der Waals surface area contributed by atoms with Gasteiger partial charge in [0, 0.05) is 50.4 Å². The zero-order chi connectivity index (χ0) is 17.8. The van der Waals surface area contributed by atoms with E-state index in [1.165, 1.54) is 17.0 Å². The lowest BCUT2D eigenvalue weighted by molar-refractivity contribution is 0.370. The molecule has 0 amide bonds. The van der Waals surface area contributed by atoms with Gasteiger partial charge in [-0.1, -0.05) is 0 Å². The number of anilines is 1. The summed E-state index contributed by atoms with van der Waals surface area (Å²) in [5, 5.41) is 4.33. The smallest absolute Gasteiger partial charge is 0.194 e. The van der Waals surface area contributed by atoms with E-state index in [1.807, 2.05) is 18.0 Å². The fourth-order valence-electron chi connectivity index (χ4n) is 2.86. The Bertz CT molecular complexity index is 759. The summed E-state index contributed by atoms with van der Waals surface area (Å²) < 4.78 is 27.3. The van der Waals surface area contributed by atoms with Crippen LogP contribution in [0.2, 0.25) is 0 Å². The van der Waals surface area contributed by atoms with Gasteiger partial charge in [-0.15, -0.1) is 35.3 Å². The lowest BCUT2D eigenvalue weighted by atomic mass is 10.2. The summed E-state index contributed by atoms with van der Waals surface area (Å²) in [6.45, 7) is 5.25. The SMILES string of the molecule is CN=C(NCc1ncc(C)s1)N1CCN(c2cc(F)ccc2F)CC1.I. The molecule has 0 saturated carbocycles. The van der Waals surface area contributed by atoms with Gasteiger partial charge in [0.25, 0.3) is 0 Å². The molecule has 2 heterocycles. The van der Waals surface area contributed by atoms with Crippen molar-refractivity contribution in [3.63, 3.8) is 0 Å². The number of aryl methyl sites for hydroxylation is 1. The van der Waals surface area contributed by atoms with Gasteiger partial charge in [-0.25, -0.2) is 13.8 Å². The van der Waals surface area contributed by atoms with Crippen LogP contribution in [0, 0.1) is 18.6 Å². The lowest BCUT2D eigenvalue weighted by Gasteiger charge is -2.37. The van der Waals surface area contributed by atoms with Crippen LogP contribution in [0.25, 0.3) is 0 Å². The van der Waals surface area contributed by atoms with Crippen LogP contribution in [0.5, 0.6) is 0 Å². The Morgan fingerprint density at radius 2 is 2.00 bits per heavy atom. The van der Waals surface area contributed by atoms with Crippen LogP contribution in [0.4, 0.5) is 14.5 Å². The fraction of sp³-hybridized carbons (Fsp3) is 0.412. The number of hydrogen-bond acceptors (Lipinski definition) is 4. The predicted molar refractivity (Wildman–Crippen MR) is 113 cm³/mol. The Morgan fingerprint density at radius 1 is 1.27 bits per heavy atom. The number of aliphatic imine (C=N–C) groups is 1. The normalized spacial score (nSPS) is 15.0. The molecule has 0 atom stereocenters. The Hall–Kier alpha value is -1.49. The van der Waals surface area contributed by atoms with Gasteiger partial charge in [0.1, 0.15) is 16.6 Å². The van der Waals surface area contributed by atoms with Crippen LogP contribution in [-0.4, -0.2) is 49.1 Å². The maximum Gasteiger partial charge on any atom is 0.194 e. The standard InChI is InChI=1S/C17H21F2N5S.HI/c1-12-10-21-16(25-12)11-22-17(20-2)24-7-5-23(6-8-24)15-9-13(18)3-4-14(15)19;/h3-4,9-10H,5-8,11H2,1-2H3,(H,20,22);1H. The minimum absolute atomic E-state index is 0. The molecule has 1 fully saturated rings. The number of hydrogen-bond donors (Lipinski definition) is 1. The molecule has 142 valence electrons. The quantitative estimate of drug-likeness (QED) is 0.405. The summed E-state index contributed by atoms with van der Waals surface area (Å²) in [6.07, 6.45) is 1.86. The number of aromatic nitrogens is 1. The van der Waals surface area contributed by atoms with Gasteiger partial charge in [-0.2, -0.15) is 0 Å². The van der Waals surface area contributed by atoms with E-state index in [0.29, 0.717) is 38.4 Å². The third kappa shape index (κ3) is 5.03. The zero-order valence-electron chi connectivity index (χ0n) is 14.7. The largest absolute Gasteiger partial charge is 0.366 e. The number of guanidine groups is 1. The summed E-state index contributed by atoms with van der Waals surface area (Å²) in [5.74, 6) is -0.0150. The van der Waals surface area contributed by atoms with E-state index in [1.54, 1.807) is 18.4 Å². The number of nitrogens with zero attached hydrogens (tertiary/aromatic N) is 4. The van der Waals surface area contributed by atoms with Crippen LogP contribution in [0.15, 0.2) is 29.4 Å². The van der Waals surface area contributed by atoms with Crippen molar-refractivity contribution >= 4 is 47.0 Å². The van der Waals surface area contributed by atoms with Crippen molar-refractivity contribution < 1.29 is 8.78 Å². The first-order valence-corrected chi connectivity index (χ1v) is 8.95. The van der Waals surface area contributed by atoms with Gasteiger partial charge in [-0.3, -0.25) is 4.99 Å². The van der Waals surface area contributed by atoms with Gasteiger partial charge in [-0.05, 0) is 19.1 Å². The van der Waals surface area contributed by atoms with Crippen LogP contribution in [-0.2, 0) is 6.54 Å². The zero-order valence-corrected chi connectivity index (χ0v) is 17.9. The van der Waals surface area contributed by atoms with Crippen molar-refractivity contribution in [3.8, 4) is 0 Å². The lowest BCUT2D eigenvalue weighted by Crippen LogP contribution is -2.52. The van der Waals surface area contributed by atoms with Crippen molar-refractivity contribution in [2.75, 3.05) is 38.1 Å². The van der Waals surface area contributed by atoms with Crippen molar-refractivity contribution in [3.05, 3.63) is 45.9 Å². The molecule has 1 aromatic carbocycles. The molecule has 1 N–H and O–H groups in total. The first-order valence-electron chi connectivity index (χ1n) is 8.13. The van der Waals surface area contributed by atoms with Gasteiger partial charge in [0.05, 0.1) is 12.2 Å². The molecule has 2 aromatic rings. The second-order valence-electron chi connectivity index (χ2n) is 5.84. The van der Waals surface area contributed by atoms with Crippen molar-refractivity contribution in [1.29, 1.82) is 0 Å². The van der Waals surface area contributed by atoms with Crippen molar-refractivity contribution in [2.24, 2.45) is 4.99 Å². The topological polar surface area (TPSA) is 43.8 Å². The van der Waals surface area contributed by atoms with Crippen LogP contribution < -0.4 is 10.2 Å². The summed E-state index contributed by atoms with van der Waals surface area (Å²) >= 11 is 1.65. The molecule has 9 heteroatoms. The van der Waals surface area contributed by atoms with E-state index in [4.69, 9.17) is 0 Å². The minimum atomic E-state index is -0.421. The number of benzene rings is 1. The van der Waals surface area contributed by atoms with Crippen molar-refractivity contribution in [1.82, 2.24) is 15.2 Å². The number of rotatable bonds is 3. The Labute approximate surface area is 173 Å². The highest BCUT2D eigenvalue weighted by Crippen LogP contribution is 2.22. The molecule has 5 nitrogen and oxygen atoms in total. The second kappa shape index (κ2) is 9.45. The second-order valence-corrected chi connectivity index (χ2v) is 7.15. The van der Waals surface area contributed by atoms with E-state index in [9.17, 15) is 8.78 Å². The molecule has 1 aliphatic rings. The third-order valence-corrected chi connectivity index (χ3v) is 5.02. The highest BCUT2D eigenvalue weighted by molar-refractivity contribution is 14.0. The van der Waals surface area contributed by atoms with E-state index in [-0.39, 0.29) is 24.0 Å². The van der Waals surface area contributed by atoms with Crippen molar-refractivity contribution in [2.45, 2.75) is 13.5 Å². The maximum absolute atomic E-state index is 13.9. The molecule has 0 aliphatic carbocycles. The molecule has 26 heavy (non-hydrogen) atoms. The van der Waals surface area contributed by atoms with Gasteiger partial charge in [0.15, 0.2) is 5.96 Å². The molecule has 1 aromatic heterocycles. The van der Waals surface area contributed by atoms with Gasteiger partial charge in [0.2, 0.25) is 0 Å². The number of thiazole rings is 1. The summed E-state index contributed by atoms with van der Waals surface area (Å²) in [6, 6.07) is 3.57. The molecule has 1 aliphatic heterocycles. The number of piperazine rings is 1. The van der Waals surface area contributed by atoms with Crippen LogP contribution in [0.1, 0.15) is 9.88 Å². The first-order chi connectivity index (χ1) is 12.1. The van der Waals surface area contributed by atoms with Gasteiger partial charge >= 0.3 is 0 Å². The maximum atomic E-state index is 13.9. The molecule has 1 saturated heterocycles. The highest BCUT2D eigenvalue weighted by Gasteiger charge is 2.22. The Kier molecular flexibility index (Phi) is 7.56. The molecule has 0 spiro atoms. The van der Waals surface area contributed by atoms with E-state index >= 15 is 0 Å². The molecular weight excluding hydrogens is 471 g/mol. The molecule has 0 bridgehead atoms. The molecule has 0 unspecified atom stereocenters. The monoisotopic (exact) mass is 493 g/mol. The third-order valence-electron chi connectivity index (χ3n) is 4.11. The fourth-order valence-corrected chi connectivity index (χ4v) is 3.58. The predicted octanol–water partition coefficient (Wildman–Crippen LogP) is 3.25. The highest BCUT2D eigenvalue weighted by atomic mass is 127. The summed E-state index contributed by atoms with van der Waals surface area (Å²) in [5.41, 5.74) is 0.320. The first kappa shape index (κ1) is 20.8. The molecular formula is C17H22F2IN5S. The average Bonchev–Trinajstić information content (AvgIpc) is 3.03. The van der Waals surface area contributed by atoms with E-state index in [2.05, 4.69) is 20.2 Å². The number of nitrogens with one attached hydrogen (secondary N) is 1. The van der Waals surface area contributed by atoms with Crippen LogP contribution >= 0.6 is 35.3 Å². The Morgan fingerprint density at radius 3 is 2.62 bits per heavy atom. The van der Waals surface area contributed by atoms with E-state index in [0.717, 1.165) is 17.0 Å². The average molecular weight is 493 g/mol. The number of halogens is 3. The van der Waals surface area contributed by atoms with Gasteiger partial charge < -0.3 is 15.1 Å².